The van der Waals surface area contributed by atoms with Crippen LogP contribution in [0.25, 0.3) is 5.69 Å². The lowest BCUT2D eigenvalue weighted by molar-refractivity contribution is 0.0689. The lowest BCUT2D eigenvalue weighted by Gasteiger charge is -2.30. The Kier molecular flexibility index (Phi) is 5.64. The standard InChI is InChI=1S/C21H26N4O4/c1-29-15-10-11-24(13-15)18-9-5-8-16(18)22-20(26)19-12-17(21(27)28)23-25(19)14-6-3-2-4-7-14/h2-4,6-7,12,15-16,18H,5,8-11,13H2,1H3,(H,22,26)(H,27,28)/t15?,16-,18+/m0/s1. The first kappa shape index (κ1) is 19.6. The largest absolute Gasteiger partial charge is 0.476 e. The van der Waals surface area contributed by atoms with Crippen molar-refractivity contribution < 1.29 is 19.4 Å². The van der Waals surface area contributed by atoms with Gasteiger partial charge in [-0.2, -0.15) is 5.10 Å². The van der Waals surface area contributed by atoms with Gasteiger partial charge in [-0.1, -0.05) is 18.2 Å². The van der Waals surface area contributed by atoms with Crippen molar-refractivity contribution >= 4 is 11.9 Å². The molecule has 0 radical (unpaired) electrons. The van der Waals surface area contributed by atoms with Crippen molar-refractivity contribution in [2.45, 2.75) is 43.9 Å². The summed E-state index contributed by atoms with van der Waals surface area (Å²) in [6.45, 7) is 1.86. The lowest BCUT2D eigenvalue weighted by Crippen LogP contribution is -2.48. The van der Waals surface area contributed by atoms with Crippen LogP contribution in [0.15, 0.2) is 36.4 Å². The third-order valence-corrected chi connectivity index (χ3v) is 5.94. The number of aromatic carboxylic acids is 1. The van der Waals surface area contributed by atoms with Crippen molar-refractivity contribution in [2.75, 3.05) is 20.2 Å². The van der Waals surface area contributed by atoms with E-state index in [0.717, 1.165) is 38.8 Å². The number of para-hydroxylation sites is 1. The van der Waals surface area contributed by atoms with Crippen molar-refractivity contribution in [1.82, 2.24) is 20.0 Å². The molecule has 0 bridgehead atoms. The predicted octanol–water partition coefficient (Wildman–Crippen LogP) is 1.94. The Bertz CT molecular complexity index is 882. The van der Waals surface area contributed by atoms with Gasteiger partial charge in [0.2, 0.25) is 0 Å². The molecule has 8 nitrogen and oxygen atoms in total. The zero-order chi connectivity index (χ0) is 20.4. The number of ether oxygens (including phenoxy) is 1. The summed E-state index contributed by atoms with van der Waals surface area (Å²) in [7, 11) is 1.74. The van der Waals surface area contributed by atoms with Crippen LogP contribution in [-0.4, -0.2) is 70.1 Å². The number of carboxylic acid groups (broad SMARTS) is 1. The molecule has 1 aromatic carbocycles. The van der Waals surface area contributed by atoms with E-state index >= 15 is 0 Å². The molecule has 2 aromatic rings. The molecule has 1 aliphatic heterocycles. The number of nitrogens with one attached hydrogen (secondary N) is 1. The van der Waals surface area contributed by atoms with E-state index in [1.807, 2.05) is 18.2 Å². The summed E-state index contributed by atoms with van der Waals surface area (Å²) in [5, 5.41) is 16.6. The van der Waals surface area contributed by atoms with Gasteiger partial charge in [0.15, 0.2) is 5.69 Å². The average molecular weight is 398 g/mol. The van der Waals surface area contributed by atoms with E-state index in [9.17, 15) is 14.7 Å². The monoisotopic (exact) mass is 398 g/mol. The van der Waals surface area contributed by atoms with Crippen LogP contribution in [-0.2, 0) is 4.74 Å². The molecule has 1 saturated heterocycles. The number of carboxylic acids is 1. The molecule has 29 heavy (non-hydrogen) atoms. The van der Waals surface area contributed by atoms with Gasteiger partial charge < -0.3 is 15.2 Å². The Morgan fingerprint density at radius 2 is 2.00 bits per heavy atom. The average Bonchev–Trinajstić information content (AvgIpc) is 3.47. The summed E-state index contributed by atoms with van der Waals surface area (Å²) < 4.78 is 6.88. The summed E-state index contributed by atoms with van der Waals surface area (Å²) in [5.74, 6) is -1.46. The van der Waals surface area contributed by atoms with Gasteiger partial charge in [-0.3, -0.25) is 9.69 Å². The summed E-state index contributed by atoms with van der Waals surface area (Å²) in [4.78, 5) is 26.9. The van der Waals surface area contributed by atoms with Crippen LogP contribution in [0.3, 0.4) is 0 Å². The van der Waals surface area contributed by atoms with Gasteiger partial charge >= 0.3 is 5.97 Å². The number of methoxy groups -OCH3 is 1. The van der Waals surface area contributed by atoms with Gasteiger partial charge in [0, 0.05) is 38.3 Å². The third kappa shape index (κ3) is 4.04. The maximum absolute atomic E-state index is 13.1. The highest BCUT2D eigenvalue weighted by atomic mass is 16.5. The van der Waals surface area contributed by atoms with Gasteiger partial charge in [0.05, 0.1) is 11.8 Å². The normalized spacial score (nSPS) is 24.7. The first-order valence-electron chi connectivity index (χ1n) is 10.0. The molecule has 154 valence electrons. The SMILES string of the molecule is COC1CCN([C@@H]2CCC[C@@H]2NC(=O)c2cc(C(=O)O)nn2-c2ccccc2)C1. The van der Waals surface area contributed by atoms with Crippen LogP contribution < -0.4 is 5.32 Å². The molecule has 1 amide bonds. The fourth-order valence-electron chi connectivity index (χ4n) is 4.45. The van der Waals surface area contributed by atoms with E-state index in [2.05, 4.69) is 15.3 Å². The van der Waals surface area contributed by atoms with Gasteiger partial charge in [0.1, 0.15) is 5.69 Å². The molecule has 4 rings (SSSR count). The number of rotatable bonds is 6. The molecule has 8 heteroatoms. The Labute approximate surface area is 169 Å². The highest BCUT2D eigenvalue weighted by Crippen LogP contribution is 2.28. The minimum atomic E-state index is -1.16. The van der Waals surface area contributed by atoms with Crippen molar-refractivity contribution in [3.05, 3.63) is 47.8 Å². The molecular formula is C21H26N4O4. The smallest absolute Gasteiger partial charge is 0.356 e. The Hall–Kier alpha value is -2.71. The fraction of sp³-hybridized carbons (Fsp3) is 0.476. The second kappa shape index (κ2) is 8.34. The molecule has 2 fully saturated rings. The Morgan fingerprint density at radius 1 is 1.21 bits per heavy atom. The van der Waals surface area contributed by atoms with E-state index in [1.54, 1.807) is 19.2 Å². The van der Waals surface area contributed by atoms with Gasteiger partial charge in [-0.15, -0.1) is 0 Å². The van der Waals surface area contributed by atoms with E-state index in [4.69, 9.17) is 4.74 Å². The maximum atomic E-state index is 13.1. The van der Waals surface area contributed by atoms with Crippen LogP contribution >= 0.6 is 0 Å². The molecule has 2 heterocycles. The quantitative estimate of drug-likeness (QED) is 0.772. The number of hydrogen-bond donors (Lipinski definition) is 2. The number of carbonyl (C=O) groups excluding carboxylic acids is 1. The number of carbonyl (C=O) groups is 2. The molecule has 1 aliphatic carbocycles. The van der Waals surface area contributed by atoms with Crippen LogP contribution in [0.4, 0.5) is 0 Å². The molecule has 0 spiro atoms. The Balaban J connectivity index is 1.54. The van der Waals surface area contributed by atoms with Crippen LogP contribution in [0.1, 0.15) is 46.7 Å². The summed E-state index contributed by atoms with van der Waals surface area (Å²) >= 11 is 0. The highest BCUT2D eigenvalue weighted by molar-refractivity contribution is 5.96. The van der Waals surface area contributed by atoms with Gasteiger partial charge in [-0.05, 0) is 37.8 Å². The van der Waals surface area contributed by atoms with Crippen molar-refractivity contribution in [3.63, 3.8) is 0 Å². The first-order valence-corrected chi connectivity index (χ1v) is 10.0. The number of nitrogens with zero attached hydrogens (tertiary/aromatic N) is 3. The van der Waals surface area contributed by atoms with Crippen LogP contribution in [0.2, 0.25) is 0 Å². The predicted molar refractivity (Wildman–Crippen MR) is 106 cm³/mol. The van der Waals surface area contributed by atoms with Crippen molar-refractivity contribution in [1.29, 1.82) is 0 Å². The summed E-state index contributed by atoms with van der Waals surface area (Å²) in [6.07, 6.45) is 4.28. The van der Waals surface area contributed by atoms with Crippen molar-refractivity contribution in [3.8, 4) is 5.69 Å². The molecule has 1 saturated carbocycles. The maximum Gasteiger partial charge on any atom is 0.356 e. The number of aromatic nitrogens is 2. The number of benzene rings is 1. The van der Waals surface area contributed by atoms with Crippen LogP contribution in [0.5, 0.6) is 0 Å². The molecule has 1 unspecified atom stereocenters. The van der Waals surface area contributed by atoms with E-state index in [1.165, 1.54) is 10.7 Å². The molecule has 1 aromatic heterocycles. The fourth-order valence-corrected chi connectivity index (χ4v) is 4.45. The van der Waals surface area contributed by atoms with E-state index in [-0.39, 0.29) is 35.5 Å². The second-order valence-electron chi connectivity index (χ2n) is 7.69. The van der Waals surface area contributed by atoms with Crippen LogP contribution in [0, 0.1) is 0 Å². The molecule has 2 N–H and O–H groups in total. The van der Waals surface area contributed by atoms with Gasteiger partial charge in [-0.25, -0.2) is 9.48 Å². The zero-order valence-corrected chi connectivity index (χ0v) is 16.5. The molecule has 2 aliphatic rings. The topological polar surface area (TPSA) is 96.7 Å². The minimum Gasteiger partial charge on any atom is -0.476 e. The van der Waals surface area contributed by atoms with E-state index in [0.29, 0.717) is 5.69 Å². The summed E-state index contributed by atoms with van der Waals surface area (Å²) in [5.41, 5.74) is 0.732. The highest BCUT2D eigenvalue weighted by Gasteiger charge is 2.37. The lowest BCUT2D eigenvalue weighted by atomic mass is 10.1. The zero-order valence-electron chi connectivity index (χ0n) is 16.5. The van der Waals surface area contributed by atoms with Gasteiger partial charge in [0.25, 0.3) is 5.91 Å². The molecular weight excluding hydrogens is 372 g/mol. The minimum absolute atomic E-state index is 0.0329. The first-order chi connectivity index (χ1) is 14.1. The van der Waals surface area contributed by atoms with E-state index < -0.39 is 5.97 Å². The summed E-state index contributed by atoms with van der Waals surface area (Å²) in [6, 6.07) is 10.8. The van der Waals surface area contributed by atoms with Crippen molar-refractivity contribution in [2.24, 2.45) is 0 Å². The Morgan fingerprint density at radius 3 is 2.69 bits per heavy atom. The molecule has 3 atom stereocenters. The number of hydrogen-bond acceptors (Lipinski definition) is 5. The second-order valence-corrected chi connectivity index (χ2v) is 7.69. The number of amides is 1. The third-order valence-electron chi connectivity index (χ3n) is 5.94. The number of likely N-dealkylation sites (tertiary alicyclic amines) is 1.